The average Bonchev–Trinajstić information content (AvgIpc) is 2.74. The first-order chi connectivity index (χ1) is 8.18. The second-order valence-corrected chi connectivity index (χ2v) is 5.60. The van der Waals surface area contributed by atoms with Crippen LogP contribution in [0.3, 0.4) is 0 Å². The molecule has 4 nitrogen and oxygen atoms in total. The lowest BCUT2D eigenvalue weighted by Gasteiger charge is -2.26. The first-order valence-corrected chi connectivity index (χ1v) is 6.80. The Morgan fingerprint density at radius 1 is 1.53 bits per heavy atom. The molecule has 0 aromatic rings. The van der Waals surface area contributed by atoms with Crippen LogP contribution >= 0.6 is 0 Å². The van der Waals surface area contributed by atoms with Gasteiger partial charge in [-0.05, 0) is 39.2 Å². The first kappa shape index (κ1) is 12.8. The van der Waals surface area contributed by atoms with E-state index in [1.807, 2.05) is 0 Å². The van der Waals surface area contributed by atoms with Crippen molar-refractivity contribution in [1.82, 2.24) is 10.6 Å². The summed E-state index contributed by atoms with van der Waals surface area (Å²) in [7, 11) is 0. The third-order valence-electron chi connectivity index (χ3n) is 3.79. The van der Waals surface area contributed by atoms with Crippen LogP contribution in [0.15, 0.2) is 0 Å². The molecule has 2 aliphatic heterocycles. The maximum absolute atomic E-state index is 11.9. The van der Waals surface area contributed by atoms with E-state index < -0.39 is 0 Å². The zero-order valence-electron chi connectivity index (χ0n) is 10.8. The second kappa shape index (κ2) is 5.83. The fourth-order valence-corrected chi connectivity index (χ4v) is 2.64. The minimum atomic E-state index is -0.128. The van der Waals surface area contributed by atoms with Gasteiger partial charge in [-0.25, -0.2) is 0 Å². The molecule has 98 valence electrons. The largest absolute Gasteiger partial charge is 0.379 e. The lowest BCUT2D eigenvalue weighted by molar-refractivity contribution is -0.123. The van der Waals surface area contributed by atoms with E-state index >= 15 is 0 Å². The molecule has 2 atom stereocenters. The normalized spacial score (nSPS) is 33.6. The summed E-state index contributed by atoms with van der Waals surface area (Å²) in [6.45, 7) is 4.59. The molecule has 2 N–H and O–H groups in total. The van der Waals surface area contributed by atoms with E-state index in [0.29, 0.717) is 19.1 Å². The predicted molar refractivity (Wildman–Crippen MR) is 66.9 cm³/mol. The van der Waals surface area contributed by atoms with Gasteiger partial charge in [-0.2, -0.15) is 0 Å². The SMILES string of the molecule is CC1(NC(=O)CCC2CCCCN2)CCOC1. The van der Waals surface area contributed by atoms with Gasteiger partial charge in [0.15, 0.2) is 0 Å². The zero-order chi connectivity index (χ0) is 12.1. The number of hydrogen-bond acceptors (Lipinski definition) is 3. The van der Waals surface area contributed by atoms with Crippen molar-refractivity contribution in [2.75, 3.05) is 19.8 Å². The van der Waals surface area contributed by atoms with E-state index in [1.165, 1.54) is 19.3 Å². The van der Waals surface area contributed by atoms with Crippen LogP contribution < -0.4 is 10.6 Å². The Labute approximate surface area is 103 Å². The van der Waals surface area contributed by atoms with Gasteiger partial charge >= 0.3 is 0 Å². The molecular formula is C13H24N2O2. The first-order valence-electron chi connectivity index (χ1n) is 6.80. The maximum atomic E-state index is 11.9. The molecule has 2 saturated heterocycles. The summed E-state index contributed by atoms with van der Waals surface area (Å²) < 4.78 is 5.33. The second-order valence-electron chi connectivity index (χ2n) is 5.60. The topological polar surface area (TPSA) is 50.4 Å². The molecular weight excluding hydrogens is 216 g/mol. The Morgan fingerprint density at radius 3 is 3.06 bits per heavy atom. The van der Waals surface area contributed by atoms with Crippen molar-refractivity contribution in [3.05, 3.63) is 0 Å². The van der Waals surface area contributed by atoms with Gasteiger partial charge < -0.3 is 15.4 Å². The maximum Gasteiger partial charge on any atom is 0.220 e. The van der Waals surface area contributed by atoms with E-state index in [9.17, 15) is 4.79 Å². The number of nitrogens with one attached hydrogen (secondary N) is 2. The van der Waals surface area contributed by atoms with E-state index in [4.69, 9.17) is 4.74 Å². The molecule has 2 heterocycles. The summed E-state index contributed by atoms with van der Waals surface area (Å²) in [6.07, 6.45) is 6.31. The highest BCUT2D eigenvalue weighted by Gasteiger charge is 2.31. The summed E-state index contributed by atoms with van der Waals surface area (Å²) in [5, 5.41) is 6.58. The number of hydrogen-bond donors (Lipinski definition) is 2. The van der Waals surface area contributed by atoms with Gasteiger partial charge in [0.05, 0.1) is 12.1 Å². The molecule has 17 heavy (non-hydrogen) atoms. The molecule has 0 aliphatic carbocycles. The summed E-state index contributed by atoms with van der Waals surface area (Å²) in [6, 6.07) is 0.544. The van der Waals surface area contributed by atoms with E-state index in [1.54, 1.807) is 0 Å². The van der Waals surface area contributed by atoms with Crippen molar-refractivity contribution >= 4 is 5.91 Å². The van der Waals surface area contributed by atoms with E-state index in [0.717, 1.165) is 26.0 Å². The number of amides is 1. The van der Waals surface area contributed by atoms with E-state index in [2.05, 4.69) is 17.6 Å². The Kier molecular flexibility index (Phi) is 4.40. The predicted octanol–water partition coefficient (Wildman–Crippen LogP) is 1.20. The van der Waals surface area contributed by atoms with Gasteiger partial charge in [0.1, 0.15) is 0 Å². The van der Waals surface area contributed by atoms with Gasteiger partial charge in [0.2, 0.25) is 5.91 Å². The third-order valence-corrected chi connectivity index (χ3v) is 3.79. The highest BCUT2D eigenvalue weighted by Crippen LogP contribution is 2.18. The Bertz CT molecular complexity index is 256. The van der Waals surface area contributed by atoms with Gasteiger partial charge in [0.25, 0.3) is 0 Å². The number of carbonyl (C=O) groups is 1. The van der Waals surface area contributed by atoms with Crippen molar-refractivity contribution in [2.24, 2.45) is 0 Å². The van der Waals surface area contributed by atoms with Crippen molar-refractivity contribution in [3.63, 3.8) is 0 Å². The standard InChI is InChI=1S/C13H24N2O2/c1-13(7-9-17-10-13)15-12(16)6-5-11-4-2-3-8-14-11/h11,14H,2-10H2,1H3,(H,15,16). The average molecular weight is 240 g/mol. The number of carbonyl (C=O) groups excluding carboxylic acids is 1. The van der Waals surface area contributed by atoms with Crippen LogP contribution in [0.25, 0.3) is 0 Å². The van der Waals surface area contributed by atoms with Crippen LogP contribution in [0.1, 0.15) is 45.4 Å². The minimum absolute atomic E-state index is 0.128. The van der Waals surface area contributed by atoms with Crippen LogP contribution in [-0.2, 0) is 9.53 Å². The van der Waals surface area contributed by atoms with Gasteiger partial charge in [-0.1, -0.05) is 6.42 Å². The smallest absolute Gasteiger partial charge is 0.220 e. The molecule has 0 radical (unpaired) electrons. The van der Waals surface area contributed by atoms with Crippen LogP contribution in [0.2, 0.25) is 0 Å². The summed E-state index contributed by atoms with van der Waals surface area (Å²) in [5.74, 6) is 0.172. The van der Waals surface area contributed by atoms with Crippen LogP contribution in [0.4, 0.5) is 0 Å². The van der Waals surface area contributed by atoms with Crippen LogP contribution in [0.5, 0.6) is 0 Å². The van der Waals surface area contributed by atoms with Crippen molar-refractivity contribution < 1.29 is 9.53 Å². The molecule has 0 aromatic heterocycles. The Balaban J connectivity index is 1.66. The summed E-state index contributed by atoms with van der Waals surface area (Å²) in [5.41, 5.74) is -0.128. The Hall–Kier alpha value is -0.610. The minimum Gasteiger partial charge on any atom is -0.379 e. The molecule has 0 spiro atoms. The highest BCUT2D eigenvalue weighted by atomic mass is 16.5. The molecule has 4 heteroatoms. The lowest BCUT2D eigenvalue weighted by atomic mass is 9.99. The number of piperidine rings is 1. The van der Waals surface area contributed by atoms with Crippen molar-refractivity contribution in [1.29, 1.82) is 0 Å². The fraction of sp³-hybridized carbons (Fsp3) is 0.923. The number of ether oxygens (including phenoxy) is 1. The van der Waals surface area contributed by atoms with Gasteiger partial charge in [0, 0.05) is 19.1 Å². The molecule has 0 saturated carbocycles. The lowest BCUT2D eigenvalue weighted by Crippen LogP contribution is -2.46. The zero-order valence-corrected chi connectivity index (χ0v) is 10.8. The molecule has 1 amide bonds. The molecule has 2 rings (SSSR count). The molecule has 0 aromatic carbocycles. The summed E-state index contributed by atoms with van der Waals surface area (Å²) in [4.78, 5) is 11.9. The highest BCUT2D eigenvalue weighted by molar-refractivity contribution is 5.76. The van der Waals surface area contributed by atoms with Crippen molar-refractivity contribution in [3.8, 4) is 0 Å². The monoisotopic (exact) mass is 240 g/mol. The van der Waals surface area contributed by atoms with Crippen LogP contribution in [0, 0.1) is 0 Å². The molecule has 0 bridgehead atoms. The molecule has 2 fully saturated rings. The quantitative estimate of drug-likeness (QED) is 0.776. The third kappa shape index (κ3) is 3.96. The van der Waals surface area contributed by atoms with Crippen LogP contribution in [-0.4, -0.2) is 37.2 Å². The van der Waals surface area contributed by atoms with Crippen molar-refractivity contribution in [2.45, 2.75) is 57.0 Å². The van der Waals surface area contributed by atoms with Gasteiger partial charge in [-0.3, -0.25) is 4.79 Å². The summed E-state index contributed by atoms with van der Waals surface area (Å²) >= 11 is 0. The number of rotatable bonds is 4. The van der Waals surface area contributed by atoms with Gasteiger partial charge in [-0.15, -0.1) is 0 Å². The molecule has 2 unspecified atom stereocenters. The Morgan fingerprint density at radius 2 is 2.41 bits per heavy atom. The van der Waals surface area contributed by atoms with E-state index in [-0.39, 0.29) is 11.4 Å². The molecule has 2 aliphatic rings. The fourth-order valence-electron chi connectivity index (χ4n) is 2.64.